The van der Waals surface area contributed by atoms with Crippen molar-refractivity contribution in [3.8, 4) is 5.75 Å². The minimum atomic E-state index is -3.10. The van der Waals surface area contributed by atoms with E-state index in [9.17, 15) is 23.1 Å². The molecule has 2 rings (SSSR count). The summed E-state index contributed by atoms with van der Waals surface area (Å²) in [6.07, 6.45) is 0.939. The number of benzene rings is 1. The summed E-state index contributed by atoms with van der Waals surface area (Å²) in [5.74, 6) is -0.576. The van der Waals surface area contributed by atoms with E-state index in [2.05, 4.69) is 0 Å². The fourth-order valence-electron chi connectivity index (χ4n) is 3.83. The van der Waals surface area contributed by atoms with Crippen LogP contribution in [0.3, 0.4) is 0 Å². The number of amides is 1. The molecule has 1 heterocycles. The molecule has 180 valence electrons. The molecule has 1 aromatic carbocycles. The van der Waals surface area contributed by atoms with Gasteiger partial charge in [-0.25, -0.2) is 8.42 Å². The standard InChI is InChI=1S/C24H37NO6S/c1-23(2,3)18-12-16(13-19(22(18)28)24(4,5)6)8-9-21(27)31-14-20(26)25(7)17-10-11-32(29,30)15-17/h12-13,17,28H,8-11,14-15H2,1-7H3/t17-/m1/s1. The van der Waals surface area contributed by atoms with Crippen LogP contribution in [0.25, 0.3) is 0 Å². The first kappa shape index (κ1) is 26.2. The van der Waals surface area contributed by atoms with Gasteiger partial charge in [-0.15, -0.1) is 0 Å². The molecule has 0 unspecified atom stereocenters. The van der Waals surface area contributed by atoms with E-state index in [1.165, 1.54) is 4.90 Å². The third kappa shape index (κ3) is 6.70. The summed E-state index contributed by atoms with van der Waals surface area (Å²) in [7, 11) is -1.55. The van der Waals surface area contributed by atoms with E-state index in [1.807, 2.05) is 53.7 Å². The number of carbonyl (C=O) groups excluding carboxylic acids is 2. The number of ether oxygens (including phenoxy) is 1. The minimum absolute atomic E-state index is 0.0454. The van der Waals surface area contributed by atoms with Crippen LogP contribution in [0.2, 0.25) is 0 Å². The van der Waals surface area contributed by atoms with Crippen molar-refractivity contribution >= 4 is 21.7 Å². The molecular formula is C24H37NO6S. The van der Waals surface area contributed by atoms with Gasteiger partial charge in [-0.3, -0.25) is 9.59 Å². The van der Waals surface area contributed by atoms with Crippen molar-refractivity contribution in [1.82, 2.24) is 4.90 Å². The summed E-state index contributed by atoms with van der Waals surface area (Å²) in [5.41, 5.74) is 2.07. The average Bonchev–Trinajstić information content (AvgIpc) is 3.02. The Hall–Kier alpha value is -2.09. The lowest BCUT2D eigenvalue weighted by Crippen LogP contribution is -2.40. The predicted octanol–water partition coefficient (Wildman–Crippen LogP) is 3.11. The topological polar surface area (TPSA) is 101 Å². The minimum Gasteiger partial charge on any atom is -0.507 e. The number of hydrogen-bond donors (Lipinski definition) is 1. The molecule has 1 atom stereocenters. The van der Waals surface area contributed by atoms with Gasteiger partial charge in [-0.1, -0.05) is 53.7 Å². The molecule has 8 heteroatoms. The van der Waals surface area contributed by atoms with Gasteiger partial charge in [0.15, 0.2) is 16.4 Å². The maximum absolute atomic E-state index is 12.3. The third-order valence-electron chi connectivity index (χ3n) is 5.91. The zero-order valence-electron chi connectivity index (χ0n) is 20.3. The number of nitrogens with zero attached hydrogens (tertiary/aromatic N) is 1. The number of likely N-dealkylation sites (N-methyl/N-ethyl adjacent to an activating group) is 1. The van der Waals surface area contributed by atoms with Gasteiger partial charge in [0, 0.05) is 19.5 Å². The highest BCUT2D eigenvalue weighted by Crippen LogP contribution is 2.40. The lowest BCUT2D eigenvalue weighted by atomic mass is 9.78. The summed E-state index contributed by atoms with van der Waals surface area (Å²) < 4.78 is 28.4. The Morgan fingerprint density at radius 1 is 1.09 bits per heavy atom. The van der Waals surface area contributed by atoms with Gasteiger partial charge < -0.3 is 14.7 Å². The lowest BCUT2D eigenvalue weighted by Gasteiger charge is -2.28. The maximum atomic E-state index is 12.3. The summed E-state index contributed by atoms with van der Waals surface area (Å²) in [5, 5.41) is 10.8. The van der Waals surface area contributed by atoms with Gasteiger partial charge in [0.05, 0.1) is 11.5 Å². The Bertz CT molecular complexity index is 934. The van der Waals surface area contributed by atoms with Gasteiger partial charge in [-0.05, 0) is 40.4 Å². The number of phenols is 1. The summed E-state index contributed by atoms with van der Waals surface area (Å²) in [6, 6.07) is 3.49. The van der Waals surface area contributed by atoms with Crippen LogP contribution in [0.15, 0.2) is 12.1 Å². The molecule has 1 aliphatic rings. The number of esters is 1. The van der Waals surface area contributed by atoms with Crippen molar-refractivity contribution in [3.05, 3.63) is 28.8 Å². The van der Waals surface area contributed by atoms with Crippen LogP contribution >= 0.6 is 0 Å². The molecule has 1 amide bonds. The highest BCUT2D eigenvalue weighted by atomic mass is 32.2. The molecule has 0 aliphatic carbocycles. The number of sulfone groups is 1. The predicted molar refractivity (Wildman–Crippen MR) is 125 cm³/mol. The van der Waals surface area contributed by atoms with Gasteiger partial charge in [-0.2, -0.15) is 0 Å². The summed E-state index contributed by atoms with van der Waals surface area (Å²) >= 11 is 0. The van der Waals surface area contributed by atoms with Crippen LogP contribution in [-0.4, -0.2) is 61.5 Å². The number of aryl methyl sites for hydroxylation is 1. The van der Waals surface area contributed by atoms with Crippen molar-refractivity contribution in [2.75, 3.05) is 25.2 Å². The van der Waals surface area contributed by atoms with E-state index in [4.69, 9.17) is 4.74 Å². The van der Waals surface area contributed by atoms with Gasteiger partial charge in [0.25, 0.3) is 5.91 Å². The second-order valence-electron chi connectivity index (χ2n) is 10.8. The number of rotatable bonds is 6. The molecule has 0 saturated carbocycles. The number of carbonyl (C=O) groups is 2. The molecule has 7 nitrogen and oxygen atoms in total. The first-order valence-electron chi connectivity index (χ1n) is 11.0. The molecule has 32 heavy (non-hydrogen) atoms. The van der Waals surface area contributed by atoms with Crippen molar-refractivity contribution in [2.45, 2.75) is 77.7 Å². The molecule has 0 aromatic heterocycles. The van der Waals surface area contributed by atoms with Crippen molar-refractivity contribution < 1.29 is 27.9 Å². The largest absolute Gasteiger partial charge is 0.507 e. The quantitative estimate of drug-likeness (QED) is 0.645. The van der Waals surface area contributed by atoms with Crippen LogP contribution in [0.1, 0.15) is 71.1 Å². The molecule has 0 bridgehead atoms. The van der Waals surface area contributed by atoms with Gasteiger partial charge in [0.1, 0.15) is 5.75 Å². The molecule has 1 saturated heterocycles. The van der Waals surface area contributed by atoms with Crippen LogP contribution in [0, 0.1) is 0 Å². The van der Waals surface area contributed by atoms with E-state index in [0.29, 0.717) is 18.6 Å². The summed E-state index contributed by atoms with van der Waals surface area (Å²) in [4.78, 5) is 25.9. The third-order valence-corrected chi connectivity index (χ3v) is 7.66. The zero-order chi connectivity index (χ0) is 24.5. The van der Waals surface area contributed by atoms with E-state index in [1.54, 1.807) is 7.05 Å². The number of hydrogen-bond acceptors (Lipinski definition) is 6. The first-order valence-corrected chi connectivity index (χ1v) is 12.8. The highest BCUT2D eigenvalue weighted by molar-refractivity contribution is 7.91. The molecule has 1 aromatic rings. The van der Waals surface area contributed by atoms with Crippen molar-refractivity contribution in [1.29, 1.82) is 0 Å². The number of phenolic OH excluding ortho intramolecular Hbond substituents is 1. The van der Waals surface area contributed by atoms with E-state index in [-0.39, 0.29) is 34.8 Å². The highest BCUT2D eigenvalue weighted by Gasteiger charge is 2.33. The monoisotopic (exact) mass is 467 g/mol. The normalized spacial score (nSPS) is 18.4. The molecule has 1 aliphatic heterocycles. The first-order chi connectivity index (χ1) is 14.5. The Labute approximate surface area is 192 Å². The Morgan fingerprint density at radius 2 is 1.62 bits per heavy atom. The second-order valence-corrected chi connectivity index (χ2v) is 13.0. The molecule has 0 radical (unpaired) electrons. The van der Waals surface area contributed by atoms with Crippen LogP contribution in [0.4, 0.5) is 0 Å². The Morgan fingerprint density at radius 3 is 2.06 bits per heavy atom. The molecule has 1 fully saturated rings. The number of aromatic hydroxyl groups is 1. The van der Waals surface area contributed by atoms with Crippen molar-refractivity contribution in [2.24, 2.45) is 0 Å². The zero-order valence-corrected chi connectivity index (χ0v) is 21.1. The van der Waals surface area contributed by atoms with Gasteiger partial charge in [0.2, 0.25) is 0 Å². The lowest BCUT2D eigenvalue weighted by molar-refractivity contribution is -0.152. The van der Waals surface area contributed by atoms with Crippen molar-refractivity contribution in [3.63, 3.8) is 0 Å². The van der Waals surface area contributed by atoms with Crippen LogP contribution < -0.4 is 0 Å². The SMILES string of the molecule is CN(C(=O)COC(=O)CCc1cc(C(C)(C)C)c(O)c(C(C)(C)C)c1)[C@@H]1CCS(=O)(=O)C1. The summed E-state index contributed by atoms with van der Waals surface area (Å²) in [6.45, 7) is 11.8. The second kappa shape index (κ2) is 9.41. The van der Waals surface area contributed by atoms with E-state index < -0.39 is 28.3 Å². The fourth-order valence-corrected chi connectivity index (χ4v) is 5.60. The Kier molecular flexibility index (Phi) is 7.70. The van der Waals surface area contributed by atoms with Gasteiger partial charge >= 0.3 is 5.97 Å². The van der Waals surface area contributed by atoms with E-state index in [0.717, 1.165) is 16.7 Å². The smallest absolute Gasteiger partial charge is 0.306 e. The van der Waals surface area contributed by atoms with Crippen LogP contribution in [-0.2, 0) is 41.4 Å². The van der Waals surface area contributed by atoms with E-state index >= 15 is 0 Å². The molecule has 0 spiro atoms. The van der Waals surface area contributed by atoms with Crippen LogP contribution in [0.5, 0.6) is 5.75 Å². The fraction of sp³-hybridized carbons (Fsp3) is 0.667. The maximum Gasteiger partial charge on any atom is 0.306 e. The molecule has 1 N–H and O–H groups in total. The average molecular weight is 468 g/mol. The Balaban J connectivity index is 2.00. The molecular weight excluding hydrogens is 430 g/mol.